The average Bonchev–Trinajstić information content (AvgIpc) is 2.97. The number of carboxylic acids is 1. The number of aromatic carboxylic acids is 1. The predicted octanol–water partition coefficient (Wildman–Crippen LogP) is 2.89. The van der Waals surface area contributed by atoms with Gasteiger partial charge in [-0.3, -0.25) is 0 Å². The molecule has 0 spiro atoms. The van der Waals surface area contributed by atoms with Crippen molar-refractivity contribution in [1.82, 2.24) is 5.32 Å². The molecule has 2 rings (SSSR count). The van der Waals surface area contributed by atoms with E-state index in [1.54, 1.807) is 17.4 Å². The number of carbonyl (C=O) groups is 1. The Kier molecular flexibility index (Phi) is 4.17. The van der Waals surface area contributed by atoms with E-state index in [4.69, 9.17) is 9.52 Å². The molecule has 0 aliphatic carbocycles. The second kappa shape index (κ2) is 5.84. The van der Waals surface area contributed by atoms with Crippen LogP contribution in [-0.4, -0.2) is 11.1 Å². The Morgan fingerprint density at radius 3 is 2.94 bits per heavy atom. The maximum atomic E-state index is 10.9. The molecule has 5 heteroatoms. The molecule has 2 heterocycles. The van der Waals surface area contributed by atoms with E-state index in [0.29, 0.717) is 12.1 Å². The lowest BCUT2D eigenvalue weighted by Crippen LogP contribution is -2.14. The van der Waals surface area contributed by atoms with Crippen molar-refractivity contribution in [1.29, 1.82) is 0 Å². The molecule has 0 unspecified atom stereocenters. The summed E-state index contributed by atoms with van der Waals surface area (Å²) in [7, 11) is 0. The van der Waals surface area contributed by atoms with Gasteiger partial charge in [0.05, 0.1) is 6.26 Å². The fourth-order valence-electron chi connectivity index (χ4n) is 1.81. The lowest BCUT2D eigenvalue weighted by Gasteiger charge is -2.04. The summed E-state index contributed by atoms with van der Waals surface area (Å²) >= 11 is 1.72. The molecule has 0 saturated carbocycles. The van der Waals surface area contributed by atoms with Gasteiger partial charge in [-0.25, -0.2) is 4.79 Å². The van der Waals surface area contributed by atoms with Gasteiger partial charge in [0, 0.05) is 23.5 Å². The summed E-state index contributed by atoms with van der Waals surface area (Å²) < 4.78 is 4.92. The van der Waals surface area contributed by atoms with Crippen LogP contribution in [0.4, 0.5) is 0 Å². The number of furan rings is 1. The number of carboxylic acid groups (broad SMARTS) is 1. The first kappa shape index (κ1) is 12.9. The maximum absolute atomic E-state index is 10.9. The molecule has 2 N–H and O–H groups in total. The fourth-order valence-corrected chi connectivity index (χ4v) is 2.76. The summed E-state index contributed by atoms with van der Waals surface area (Å²) in [6, 6.07) is 3.81. The van der Waals surface area contributed by atoms with Gasteiger partial charge in [0.2, 0.25) is 5.76 Å². The molecule has 4 nitrogen and oxygen atoms in total. The third kappa shape index (κ3) is 2.80. The van der Waals surface area contributed by atoms with Crippen LogP contribution >= 0.6 is 11.3 Å². The first-order chi connectivity index (χ1) is 8.72. The van der Waals surface area contributed by atoms with Crippen molar-refractivity contribution in [2.75, 3.05) is 0 Å². The summed E-state index contributed by atoms with van der Waals surface area (Å²) in [6.45, 7) is 3.38. The van der Waals surface area contributed by atoms with Crippen LogP contribution in [0.3, 0.4) is 0 Å². The number of rotatable bonds is 6. The van der Waals surface area contributed by atoms with Crippen LogP contribution < -0.4 is 5.32 Å². The van der Waals surface area contributed by atoms with E-state index >= 15 is 0 Å². The lowest BCUT2D eigenvalue weighted by atomic mass is 10.2. The molecule has 0 amide bonds. The predicted molar refractivity (Wildman–Crippen MR) is 69.9 cm³/mol. The van der Waals surface area contributed by atoms with Crippen LogP contribution in [0.15, 0.2) is 28.2 Å². The highest BCUT2D eigenvalue weighted by molar-refractivity contribution is 7.10. The minimum atomic E-state index is -1.03. The molecule has 2 aromatic rings. The Morgan fingerprint density at radius 2 is 2.22 bits per heavy atom. The molecule has 0 aromatic carbocycles. The first-order valence-electron chi connectivity index (χ1n) is 5.78. The third-order valence-electron chi connectivity index (χ3n) is 2.76. The van der Waals surface area contributed by atoms with Gasteiger partial charge in [0.25, 0.3) is 0 Å². The number of nitrogens with one attached hydrogen (secondary N) is 1. The zero-order valence-electron chi connectivity index (χ0n) is 10.1. The Balaban J connectivity index is 1.92. The Bertz CT molecular complexity index is 530. The second-order valence-corrected chi connectivity index (χ2v) is 4.91. The van der Waals surface area contributed by atoms with Gasteiger partial charge >= 0.3 is 5.97 Å². The molecule has 0 saturated heterocycles. The van der Waals surface area contributed by atoms with Crippen LogP contribution in [0.1, 0.15) is 33.5 Å². The highest BCUT2D eigenvalue weighted by atomic mass is 32.1. The molecule has 0 atom stereocenters. The Labute approximate surface area is 109 Å². The van der Waals surface area contributed by atoms with Gasteiger partial charge in [-0.1, -0.05) is 6.92 Å². The zero-order chi connectivity index (χ0) is 13.0. The van der Waals surface area contributed by atoms with Gasteiger partial charge in [-0.15, -0.1) is 11.3 Å². The van der Waals surface area contributed by atoms with Crippen molar-refractivity contribution in [3.05, 3.63) is 45.5 Å². The monoisotopic (exact) mass is 265 g/mol. The molecule has 0 bridgehead atoms. The standard InChI is InChI=1S/C13H15NO3S/c1-2-9-4-6-18-11(9)8-14-7-10-3-5-17-12(10)13(15)16/h3-6,14H,2,7-8H2,1H3,(H,15,16). The van der Waals surface area contributed by atoms with Crippen molar-refractivity contribution in [2.24, 2.45) is 0 Å². The smallest absolute Gasteiger partial charge is 0.372 e. The largest absolute Gasteiger partial charge is 0.475 e. The van der Waals surface area contributed by atoms with Crippen LogP contribution in [-0.2, 0) is 19.5 Å². The highest BCUT2D eigenvalue weighted by Gasteiger charge is 2.13. The van der Waals surface area contributed by atoms with Gasteiger partial charge in [0.15, 0.2) is 0 Å². The molecule has 18 heavy (non-hydrogen) atoms. The van der Waals surface area contributed by atoms with Crippen molar-refractivity contribution in [3.63, 3.8) is 0 Å². The van der Waals surface area contributed by atoms with E-state index in [1.165, 1.54) is 16.7 Å². The summed E-state index contributed by atoms with van der Waals surface area (Å²) in [5, 5.41) is 14.2. The molecule has 2 aromatic heterocycles. The minimum absolute atomic E-state index is 0.0180. The third-order valence-corrected chi connectivity index (χ3v) is 3.72. The molecule has 96 valence electrons. The lowest BCUT2D eigenvalue weighted by molar-refractivity contribution is 0.0660. The van der Waals surface area contributed by atoms with Crippen LogP contribution in [0, 0.1) is 0 Å². The molecular weight excluding hydrogens is 250 g/mol. The molecule has 0 aliphatic rings. The van der Waals surface area contributed by atoms with Crippen LogP contribution in [0.5, 0.6) is 0 Å². The van der Waals surface area contributed by atoms with E-state index in [2.05, 4.69) is 23.7 Å². The van der Waals surface area contributed by atoms with Gasteiger partial charge < -0.3 is 14.8 Å². The Hall–Kier alpha value is -1.59. The number of aryl methyl sites for hydroxylation is 1. The zero-order valence-corrected chi connectivity index (χ0v) is 10.9. The maximum Gasteiger partial charge on any atom is 0.372 e. The summed E-state index contributed by atoms with van der Waals surface area (Å²) in [5.41, 5.74) is 2.02. The van der Waals surface area contributed by atoms with Gasteiger partial charge in [-0.05, 0) is 29.5 Å². The molecule has 0 radical (unpaired) electrons. The van der Waals surface area contributed by atoms with E-state index < -0.39 is 5.97 Å². The van der Waals surface area contributed by atoms with Crippen molar-refractivity contribution >= 4 is 17.3 Å². The number of hydrogen-bond donors (Lipinski definition) is 2. The Morgan fingerprint density at radius 1 is 1.39 bits per heavy atom. The van der Waals surface area contributed by atoms with Crippen molar-refractivity contribution < 1.29 is 14.3 Å². The fraction of sp³-hybridized carbons (Fsp3) is 0.308. The van der Waals surface area contributed by atoms with E-state index in [-0.39, 0.29) is 5.76 Å². The van der Waals surface area contributed by atoms with Crippen molar-refractivity contribution in [3.8, 4) is 0 Å². The summed E-state index contributed by atoms with van der Waals surface area (Å²) in [6.07, 6.45) is 2.43. The van der Waals surface area contributed by atoms with E-state index in [9.17, 15) is 4.79 Å². The first-order valence-corrected chi connectivity index (χ1v) is 6.66. The normalized spacial score (nSPS) is 10.7. The minimum Gasteiger partial charge on any atom is -0.475 e. The van der Waals surface area contributed by atoms with Crippen molar-refractivity contribution in [2.45, 2.75) is 26.4 Å². The summed E-state index contributed by atoms with van der Waals surface area (Å²) in [5.74, 6) is -1.01. The molecule has 0 fully saturated rings. The van der Waals surface area contributed by atoms with E-state index in [1.807, 2.05) is 0 Å². The number of thiophene rings is 1. The van der Waals surface area contributed by atoms with Gasteiger partial charge in [-0.2, -0.15) is 0 Å². The number of hydrogen-bond acceptors (Lipinski definition) is 4. The average molecular weight is 265 g/mol. The topological polar surface area (TPSA) is 62.5 Å². The highest BCUT2D eigenvalue weighted by Crippen LogP contribution is 2.17. The quantitative estimate of drug-likeness (QED) is 0.843. The van der Waals surface area contributed by atoms with Crippen LogP contribution in [0.2, 0.25) is 0 Å². The van der Waals surface area contributed by atoms with Gasteiger partial charge in [0.1, 0.15) is 0 Å². The summed E-state index contributed by atoms with van der Waals surface area (Å²) in [4.78, 5) is 12.2. The molecule has 0 aliphatic heterocycles. The van der Waals surface area contributed by atoms with E-state index in [0.717, 1.165) is 13.0 Å². The molecular formula is C13H15NO3S. The van der Waals surface area contributed by atoms with Crippen LogP contribution in [0.25, 0.3) is 0 Å². The second-order valence-electron chi connectivity index (χ2n) is 3.91. The SMILES string of the molecule is CCc1ccsc1CNCc1ccoc1C(=O)O.